The number of aromatic nitrogens is 2. The van der Waals surface area contributed by atoms with Crippen molar-refractivity contribution < 1.29 is 13.7 Å². The first-order valence-corrected chi connectivity index (χ1v) is 6.55. The Balaban J connectivity index is 2.01. The fourth-order valence-corrected chi connectivity index (χ4v) is 1.74. The van der Waals surface area contributed by atoms with Gasteiger partial charge in [0.25, 0.3) is 0 Å². The molecule has 0 spiro atoms. The van der Waals surface area contributed by atoms with Crippen molar-refractivity contribution >= 4 is 0 Å². The van der Waals surface area contributed by atoms with Crippen LogP contribution in [0.1, 0.15) is 37.2 Å². The van der Waals surface area contributed by atoms with Crippen LogP contribution in [0.15, 0.2) is 22.7 Å². The van der Waals surface area contributed by atoms with Crippen LogP contribution >= 0.6 is 0 Å². The summed E-state index contributed by atoms with van der Waals surface area (Å²) < 4.78 is 24.3. The van der Waals surface area contributed by atoms with Crippen molar-refractivity contribution in [3.8, 4) is 5.75 Å². The van der Waals surface area contributed by atoms with E-state index in [1.807, 2.05) is 13.8 Å². The van der Waals surface area contributed by atoms with Gasteiger partial charge in [-0.05, 0) is 20.0 Å². The molecule has 0 aliphatic carbocycles. The maximum absolute atomic E-state index is 13.9. The van der Waals surface area contributed by atoms with Crippen LogP contribution in [0.5, 0.6) is 5.75 Å². The lowest BCUT2D eigenvalue weighted by Gasteiger charge is -2.12. The smallest absolute Gasteiger partial charge is 0.226 e. The molecule has 1 aromatic heterocycles. The molecule has 0 aliphatic heterocycles. The summed E-state index contributed by atoms with van der Waals surface area (Å²) in [4.78, 5) is 4.12. The van der Waals surface area contributed by atoms with Crippen LogP contribution in [0.2, 0.25) is 0 Å². The molecule has 108 valence electrons. The molecule has 2 rings (SSSR count). The summed E-state index contributed by atoms with van der Waals surface area (Å²) >= 11 is 0. The number of halogens is 1. The highest BCUT2D eigenvalue weighted by Crippen LogP contribution is 2.22. The van der Waals surface area contributed by atoms with Crippen molar-refractivity contribution in [3.05, 3.63) is 41.3 Å². The van der Waals surface area contributed by atoms with E-state index in [1.54, 1.807) is 19.2 Å². The van der Waals surface area contributed by atoms with E-state index in [0.717, 1.165) is 0 Å². The lowest BCUT2D eigenvalue weighted by atomic mass is 10.1. The first-order chi connectivity index (χ1) is 9.63. The van der Waals surface area contributed by atoms with E-state index in [2.05, 4.69) is 15.5 Å². The average molecular weight is 279 g/mol. The van der Waals surface area contributed by atoms with Gasteiger partial charge >= 0.3 is 0 Å². The molecule has 1 atom stereocenters. The van der Waals surface area contributed by atoms with Gasteiger partial charge in [0.1, 0.15) is 11.6 Å². The standard InChI is InChI=1S/C14H18FN3O2/c1-4-14-17-13(18-20-14)8-19-10-5-6-11(9(2)16-3)12(15)7-10/h5-7,9,16H,4,8H2,1-3H3. The molecule has 1 unspecified atom stereocenters. The van der Waals surface area contributed by atoms with Crippen molar-refractivity contribution in [2.75, 3.05) is 7.05 Å². The molecule has 0 bridgehead atoms. The van der Waals surface area contributed by atoms with Crippen LogP contribution in [0.3, 0.4) is 0 Å². The third-order valence-electron chi connectivity index (χ3n) is 3.05. The second-order valence-corrected chi connectivity index (χ2v) is 4.44. The molecule has 2 aromatic rings. The molecule has 20 heavy (non-hydrogen) atoms. The van der Waals surface area contributed by atoms with Crippen molar-refractivity contribution in [1.29, 1.82) is 0 Å². The molecule has 0 fully saturated rings. The van der Waals surface area contributed by atoms with Crippen molar-refractivity contribution in [2.24, 2.45) is 0 Å². The Labute approximate surface area is 117 Å². The second-order valence-electron chi connectivity index (χ2n) is 4.44. The Kier molecular flexibility index (Phi) is 4.68. The normalized spacial score (nSPS) is 12.4. The lowest BCUT2D eigenvalue weighted by molar-refractivity contribution is 0.283. The first-order valence-electron chi connectivity index (χ1n) is 6.55. The van der Waals surface area contributed by atoms with Crippen LogP contribution in [-0.4, -0.2) is 17.2 Å². The van der Waals surface area contributed by atoms with E-state index >= 15 is 0 Å². The summed E-state index contributed by atoms with van der Waals surface area (Å²) in [7, 11) is 1.79. The molecule has 1 N–H and O–H groups in total. The SMILES string of the molecule is CCc1nc(COc2ccc(C(C)NC)c(F)c2)no1. The molecule has 1 heterocycles. The highest BCUT2D eigenvalue weighted by atomic mass is 19.1. The Morgan fingerprint density at radius 2 is 2.25 bits per heavy atom. The Hall–Kier alpha value is -1.95. The average Bonchev–Trinajstić information content (AvgIpc) is 2.92. The Morgan fingerprint density at radius 3 is 2.85 bits per heavy atom. The van der Waals surface area contributed by atoms with Crippen molar-refractivity contribution in [1.82, 2.24) is 15.5 Å². The summed E-state index contributed by atoms with van der Waals surface area (Å²) in [5, 5.41) is 6.76. The predicted octanol–water partition coefficient (Wildman–Crippen LogP) is 2.63. The van der Waals surface area contributed by atoms with Crippen molar-refractivity contribution in [3.63, 3.8) is 0 Å². The predicted molar refractivity (Wildman–Crippen MR) is 71.9 cm³/mol. The number of hydrogen-bond acceptors (Lipinski definition) is 5. The molecule has 1 aromatic carbocycles. The molecule has 0 radical (unpaired) electrons. The summed E-state index contributed by atoms with van der Waals surface area (Å²) in [5.74, 6) is 1.16. The number of rotatable bonds is 6. The van der Waals surface area contributed by atoms with E-state index in [-0.39, 0.29) is 18.5 Å². The van der Waals surface area contributed by atoms with Gasteiger partial charge in [-0.25, -0.2) is 4.39 Å². The zero-order valence-corrected chi connectivity index (χ0v) is 11.8. The number of nitrogens with one attached hydrogen (secondary N) is 1. The summed E-state index contributed by atoms with van der Waals surface area (Å²) in [6, 6.07) is 4.75. The molecule has 0 aliphatic rings. The fraction of sp³-hybridized carbons (Fsp3) is 0.429. The number of hydrogen-bond donors (Lipinski definition) is 1. The van der Waals surface area contributed by atoms with Gasteiger partial charge in [0.15, 0.2) is 6.61 Å². The minimum Gasteiger partial charge on any atom is -0.485 e. The zero-order valence-electron chi connectivity index (χ0n) is 11.8. The summed E-state index contributed by atoms with van der Waals surface area (Å²) in [5.41, 5.74) is 0.604. The maximum atomic E-state index is 13.9. The van der Waals surface area contributed by atoms with E-state index in [1.165, 1.54) is 6.07 Å². The van der Waals surface area contributed by atoms with Crippen LogP contribution in [0.25, 0.3) is 0 Å². The van der Waals surface area contributed by atoms with Gasteiger partial charge in [0, 0.05) is 24.1 Å². The van der Waals surface area contributed by atoms with Gasteiger partial charge in [0.2, 0.25) is 11.7 Å². The molecule has 0 saturated carbocycles. The van der Waals surface area contributed by atoms with E-state index in [9.17, 15) is 4.39 Å². The van der Waals surface area contributed by atoms with Gasteiger partial charge in [-0.1, -0.05) is 18.1 Å². The first kappa shape index (κ1) is 14.5. The molecule has 6 heteroatoms. The van der Waals surface area contributed by atoms with Crippen LogP contribution in [0.4, 0.5) is 4.39 Å². The maximum Gasteiger partial charge on any atom is 0.226 e. The quantitative estimate of drug-likeness (QED) is 0.880. The number of ether oxygens (including phenoxy) is 1. The van der Waals surface area contributed by atoms with Gasteiger partial charge in [-0.15, -0.1) is 0 Å². The van der Waals surface area contributed by atoms with Crippen LogP contribution in [-0.2, 0) is 13.0 Å². The molecule has 0 amide bonds. The molecule has 5 nitrogen and oxygen atoms in total. The minimum absolute atomic E-state index is 0.0478. The van der Waals surface area contributed by atoms with E-state index in [4.69, 9.17) is 9.26 Å². The van der Waals surface area contributed by atoms with Crippen LogP contribution < -0.4 is 10.1 Å². The number of nitrogens with zero attached hydrogens (tertiary/aromatic N) is 2. The number of aryl methyl sites for hydroxylation is 1. The van der Waals surface area contributed by atoms with Gasteiger partial charge in [0.05, 0.1) is 0 Å². The third kappa shape index (κ3) is 3.33. The minimum atomic E-state index is -0.299. The lowest BCUT2D eigenvalue weighted by Crippen LogP contribution is -2.13. The zero-order chi connectivity index (χ0) is 14.5. The Morgan fingerprint density at radius 1 is 1.45 bits per heavy atom. The third-order valence-corrected chi connectivity index (χ3v) is 3.05. The second kappa shape index (κ2) is 6.47. The fourth-order valence-electron chi connectivity index (χ4n) is 1.74. The molecular weight excluding hydrogens is 261 g/mol. The topological polar surface area (TPSA) is 60.2 Å². The highest BCUT2D eigenvalue weighted by Gasteiger charge is 2.11. The number of benzene rings is 1. The van der Waals surface area contributed by atoms with Gasteiger partial charge < -0.3 is 14.6 Å². The largest absolute Gasteiger partial charge is 0.485 e. The van der Waals surface area contributed by atoms with E-state index < -0.39 is 0 Å². The van der Waals surface area contributed by atoms with Crippen LogP contribution in [0, 0.1) is 5.82 Å². The summed E-state index contributed by atoms with van der Waals surface area (Å²) in [6.07, 6.45) is 0.679. The highest BCUT2D eigenvalue weighted by molar-refractivity contribution is 5.30. The Bertz CT molecular complexity index is 571. The summed E-state index contributed by atoms with van der Waals surface area (Å²) in [6.45, 7) is 3.98. The molecule has 0 saturated heterocycles. The van der Waals surface area contributed by atoms with Gasteiger partial charge in [-0.2, -0.15) is 4.98 Å². The van der Waals surface area contributed by atoms with Gasteiger partial charge in [-0.3, -0.25) is 0 Å². The monoisotopic (exact) mass is 279 g/mol. The van der Waals surface area contributed by atoms with E-state index in [0.29, 0.717) is 29.4 Å². The van der Waals surface area contributed by atoms with Crippen molar-refractivity contribution in [2.45, 2.75) is 32.9 Å². The molecular formula is C14H18FN3O2.